The summed E-state index contributed by atoms with van der Waals surface area (Å²) < 4.78 is 0. The monoisotopic (exact) mass is 272 g/mol. The second-order valence-corrected chi connectivity index (χ2v) is 5.02. The summed E-state index contributed by atoms with van der Waals surface area (Å²) in [5.74, 6) is -1.32. The predicted octanol–water partition coefficient (Wildman–Crippen LogP) is 1.72. The molecule has 1 amide bonds. The SMILES string of the molecule is CCC(CC)NC(=O)C(C)N(CC)CC(C)C(=O)O. The highest BCUT2D eigenvalue weighted by Gasteiger charge is 2.24. The normalized spacial score (nSPS) is 14.5. The maximum Gasteiger partial charge on any atom is 0.307 e. The zero-order valence-electron chi connectivity index (χ0n) is 12.8. The van der Waals surface area contributed by atoms with E-state index < -0.39 is 11.9 Å². The Morgan fingerprint density at radius 1 is 1.16 bits per heavy atom. The van der Waals surface area contributed by atoms with Gasteiger partial charge in [-0.3, -0.25) is 14.5 Å². The molecule has 5 heteroatoms. The number of likely N-dealkylation sites (N-methyl/N-ethyl adjacent to an activating group) is 1. The lowest BCUT2D eigenvalue weighted by Crippen LogP contribution is -2.49. The largest absolute Gasteiger partial charge is 0.481 e. The van der Waals surface area contributed by atoms with E-state index in [1.54, 1.807) is 6.92 Å². The molecule has 0 aromatic carbocycles. The summed E-state index contributed by atoms with van der Waals surface area (Å²) in [6.07, 6.45) is 1.82. The molecule has 0 bridgehead atoms. The maximum absolute atomic E-state index is 12.1. The molecule has 0 rings (SSSR count). The van der Waals surface area contributed by atoms with Crippen molar-refractivity contribution in [3.63, 3.8) is 0 Å². The average molecular weight is 272 g/mol. The van der Waals surface area contributed by atoms with Crippen molar-refractivity contribution in [1.82, 2.24) is 10.2 Å². The maximum atomic E-state index is 12.1. The molecule has 2 unspecified atom stereocenters. The third-order valence-electron chi connectivity index (χ3n) is 3.60. The van der Waals surface area contributed by atoms with Gasteiger partial charge in [0.15, 0.2) is 0 Å². The summed E-state index contributed by atoms with van der Waals surface area (Å²) in [4.78, 5) is 24.9. The van der Waals surface area contributed by atoms with Gasteiger partial charge in [0.25, 0.3) is 0 Å². The van der Waals surface area contributed by atoms with Gasteiger partial charge in [-0.25, -0.2) is 0 Å². The summed E-state index contributed by atoms with van der Waals surface area (Å²) >= 11 is 0. The molecule has 0 radical (unpaired) electrons. The highest BCUT2D eigenvalue weighted by atomic mass is 16.4. The highest BCUT2D eigenvalue weighted by Crippen LogP contribution is 2.07. The lowest BCUT2D eigenvalue weighted by molar-refractivity contribution is -0.142. The quantitative estimate of drug-likeness (QED) is 0.670. The van der Waals surface area contributed by atoms with E-state index in [0.29, 0.717) is 13.1 Å². The van der Waals surface area contributed by atoms with Crippen LogP contribution in [0.2, 0.25) is 0 Å². The molecule has 0 saturated heterocycles. The van der Waals surface area contributed by atoms with Crippen LogP contribution < -0.4 is 5.32 Å². The molecule has 0 saturated carbocycles. The van der Waals surface area contributed by atoms with Gasteiger partial charge in [0.05, 0.1) is 12.0 Å². The number of rotatable bonds is 9. The molecule has 0 aliphatic heterocycles. The Kier molecular flexibility index (Phi) is 8.39. The Labute approximate surface area is 116 Å². The number of carbonyl (C=O) groups is 2. The van der Waals surface area contributed by atoms with Gasteiger partial charge in [-0.2, -0.15) is 0 Å². The van der Waals surface area contributed by atoms with Gasteiger partial charge in [-0.05, 0) is 26.3 Å². The van der Waals surface area contributed by atoms with Crippen molar-refractivity contribution < 1.29 is 14.7 Å². The molecule has 0 aromatic rings. The Balaban J connectivity index is 4.52. The number of carbonyl (C=O) groups excluding carboxylic acids is 1. The van der Waals surface area contributed by atoms with Crippen molar-refractivity contribution in [1.29, 1.82) is 0 Å². The van der Waals surface area contributed by atoms with Crippen molar-refractivity contribution in [2.45, 2.75) is 59.5 Å². The van der Waals surface area contributed by atoms with E-state index in [1.165, 1.54) is 0 Å². The van der Waals surface area contributed by atoms with Gasteiger partial charge >= 0.3 is 5.97 Å². The smallest absolute Gasteiger partial charge is 0.307 e. The molecule has 0 aliphatic rings. The standard InChI is InChI=1S/C14H28N2O3/c1-6-12(7-2)15-13(17)11(5)16(8-3)9-10(4)14(18)19/h10-12H,6-9H2,1-5H3,(H,15,17)(H,18,19). The van der Waals surface area contributed by atoms with E-state index in [4.69, 9.17) is 5.11 Å². The third kappa shape index (κ3) is 6.05. The van der Waals surface area contributed by atoms with Crippen molar-refractivity contribution in [3.8, 4) is 0 Å². The molecule has 2 N–H and O–H groups in total. The molecule has 2 atom stereocenters. The van der Waals surface area contributed by atoms with Crippen LogP contribution in [0.15, 0.2) is 0 Å². The highest BCUT2D eigenvalue weighted by molar-refractivity contribution is 5.81. The average Bonchev–Trinajstić information content (AvgIpc) is 2.40. The van der Waals surface area contributed by atoms with Gasteiger partial charge in [0, 0.05) is 12.6 Å². The Morgan fingerprint density at radius 2 is 1.68 bits per heavy atom. The Morgan fingerprint density at radius 3 is 2.05 bits per heavy atom. The molecule has 5 nitrogen and oxygen atoms in total. The number of hydrogen-bond acceptors (Lipinski definition) is 3. The van der Waals surface area contributed by atoms with Crippen molar-refractivity contribution in [2.24, 2.45) is 5.92 Å². The number of aliphatic carboxylic acids is 1. The minimum absolute atomic E-state index is 0.0202. The number of nitrogens with one attached hydrogen (secondary N) is 1. The first-order chi connectivity index (χ1) is 8.87. The summed E-state index contributed by atoms with van der Waals surface area (Å²) in [6.45, 7) is 10.6. The summed E-state index contributed by atoms with van der Waals surface area (Å²) in [6, 6.07) is -0.0991. The van der Waals surface area contributed by atoms with Gasteiger partial charge in [-0.15, -0.1) is 0 Å². The fourth-order valence-corrected chi connectivity index (χ4v) is 1.97. The lowest BCUT2D eigenvalue weighted by Gasteiger charge is -2.29. The van der Waals surface area contributed by atoms with Crippen LogP contribution in [-0.2, 0) is 9.59 Å². The van der Waals surface area contributed by atoms with Crippen LogP contribution in [-0.4, -0.2) is 47.1 Å². The van der Waals surface area contributed by atoms with Crippen molar-refractivity contribution in [3.05, 3.63) is 0 Å². The molecule has 0 fully saturated rings. The number of carboxylic acids is 1. The number of hydrogen-bond donors (Lipinski definition) is 2. The second-order valence-electron chi connectivity index (χ2n) is 5.02. The number of amides is 1. The topological polar surface area (TPSA) is 69.6 Å². The molecule has 0 aliphatic carbocycles. The van der Waals surface area contributed by atoms with Gasteiger partial charge in [-0.1, -0.05) is 27.7 Å². The zero-order chi connectivity index (χ0) is 15.0. The van der Waals surface area contributed by atoms with Gasteiger partial charge in [0.1, 0.15) is 0 Å². The lowest BCUT2D eigenvalue weighted by atomic mass is 10.1. The van der Waals surface area contributed by atoms with Crippen LogP contribution in [0, 0.1) is 5.92 Å². The van der Waals surface area contributed by atoms with E-state index in [0.717, 1.165) is 12.8 Å². The fraction of sp³-hybridized carbons (Fsp3) is 0.857. The summed E-state index contributed by atoms with van der Waals surface area (Å²) in [5.41, 5.74) is 0. The Bertz CT molecular complexity index is 290. The second kappa shape index (κ2) is 8.91. The molecule has 0 aromatic heterocycles. The molecule has 0 spiro atoms. The van der Waals surface area contributed by atoms with Crippen molar-refractivity contribution >= 4 is 11.9 Å². The van der Waals surface area contributed by atoms with Crippen LogP contribution in [0.25, 0.3) is 0 Å². The van der Waals surface area contributed by atoms with Crippen molar-refractivity contribution in [2.75, 3.05) is 13.1 Å². The predicted molar refractivity (Wildman–Crippen MR) is 76.0 cm³/mol. The van der Waals surface area contributed by atoms with Crippen LogP contribution in [0.3, 0.4) is 0 Å². The molecular weight excluding hydrogens is 244 g/mol. The van der Waals surface area contributed by atoms with E-state index in [2.05, 4.69) is 5.32 Å². The minimum Gasteiger partial charge on any atom is -0.481 e. The van der Waals surface area contributed by atoms with E-state index in [9.17, 15) is 9.59 Å². The number of nitrogens with zero attached hydrogens (tertiary/aromatic N) is 1. The molecule has 19 heavy (non-hydrogen) atoms. The zero-order valence-corrected chi connectivity index (χ0v) is 12.8. The molecule has 112 valence electrons. The number of carboxylic acid groups (broad SMARTS) is 1. The summed E-state index contributed by atoms with van der Waals surface area (Å²) in [5, 5.41) is 11.9. The van der Waals surface area contributed by atoms with E-state index in [1.807, 2.05) is 32.6 Å². The van der Waals surface area contributed by atoms with Crippen LogP contribution in [0.5, 0.6) is 0 Å². The van der Waals surface area contributed by atoms with E-state index in [-0.39, 0.29) is 18.0 Å². The first-order valence-electron chi connectivity index (χ1n) is 7.14. The first kappa shape index (κ1) is 17.9. The van der Waals surface area contributed by atoms with Gasteiger partial charge < -0.3 is 10.4 Å². The first-order valence-corrected chi connectivity index (χ1v) is 7.14. The van der Waals surface area contributed by atoms with Crippen LogP contribution in [0.1, 0.15) is 47.5 Å². The molecule has 0 heterocycles. The fourth-order valence-electron chi connectivity index (χ4n) is 1.97. The van der Waals surface area contributed by atoms with E-state index >= 15 is 0 Å². The van der Waals surface area contributed by atoms with Crippen LogP contribution in [0.4, 0.5) is 0 Å². The third-order valence-corrected chi connectivity index (χ3v) is 3.60. The van der Waals surface area contributed by atoms with Gasteiger partial charge in [0.2, 0.25) is 5.91 Å². The Hall–Kier alpha value is -1.10. The summed E-state index contributed by atoms with van der Waals surface area (Å²) in [7, 11) is 0. The van der Waals surface area contributed by atoms with Crippen LogP contribution >= 0.6 is 0 Å². The molecular formula is C14H28N2O3. The minimum atomic E-state index is -0.828.